The normalized spacial score (nSPS) is 11.4. The van der Waals surface area contributed by atoms with Crippen molar-refractivity contribution in [3.63, 3.8) is 0 Å². The van der Waals surface area contributed by atoms with Crippen LogP contribution in [0.25, 0.3) is 10.9 Å². The van der Waals surface area contributed by atoms with Gasteiger partial charge >= 0.3 is 0 Å². The number of fused-ring (bicyclic) bond motifs is 1. The first-order valence-corrected chi connectivity index (χ1v) is 9.95. The summed E-state index contributed by atoms with van der Waals surface area (Å²) in [6, 6.07) is 10.1. The molecule has 2 aromatic heterocycles. The smallest absolute Gasteiger partial charge is 0.250 e. The highest BCUT2D eigenvalue weighted by Gasteiger charge is 2.05. The summed E-state index contributed by atoms with van der Waals surface area (Å²) in [4.78, 5) is 19.3. The van der Waals surface area contributed by atoms with Gasteiger partial charge in [0.1, 0.15) is 5.82 Å². The number of unbranched alkanes of at least 4 members (excludes halogenated alkanes) is 1. The Labute approximate surface area is 193 Å². The summed E-state index contributed by atoms with van der Waals surface area (Å²) in [5.41, 5.74) is 3.05. The number of aliphatic imine (C=N–C) groups is 1. The van der Waals surface area contributed by atoms with E-state index in [1.54, 1.807) is 35.9 Å². The molecular formula is C22H29FIN5O. The second-order valence-electron chi connectivity index (χ2n) is 7.04. The molecule has 3 N–H and O–H groups in total. The molecule has 0 bridgehead atoms. The average molecular weight is 525 g/mol. The zero-order valence-electron chi connectivity index (χ0n) is 17.4. The van der Waals surface area contributed by atoms with Gasteiger partial charge in [-0.2, -0.15) is 0 Å². The van der Waals surface area contributed by atoms with Crippen molar-refractivity contribution in [2.45, 2.75) is 32.7 Å². The molecule has 0 radical (unpaired) electrons. The Hall–Kier alpha value is -2.36. The van der Waals surface area contributed by atoms with E-state index in [2.05, 4.69) is 20.6 Å². The van der Waals surface area contributed by atoms with E-state index in [1.807, 2.05) is 19.2 Å². The highest BCUT2D eigenvalue weighted by molar-refractivity contribution is 14.0. The Balaban J connectivity index is 0.00000320. The summed E-state index contributed by atoms with van der Waals surface area (Å²) in [5, 5.41) is 7.50. The van der Waals surface area contributed by atoms with E-state index >= 15 is 0 Å². The SMILES string of the molecule is CN=C(NCCCCn1c(C)cccc1=O)NCCc1c[nH]c2ccc(F)cc12.I. The molecule has 0 unspecified atom stereocenters. The fourth-order valence-electron chi connectivity index (χ4n) is 3.41. The lowest BCUT2D eigenvalue weighted by atomic mass is 10.1. The van der Waals surface area contributed by atoms with Gasteiger partial charge in [-0.15, -0.1) is 24.0 Å². The van der Waals surface area contributed by atoms with E-state index in [0.717, 1.165) is 60.5 Å². The quantitative estimate of drug-likeness (QED) is 0.182. The number of aromatic amines is 1. The third kappa shape index (κ3) is 6.32. The Morgan fingerprint density at radius 2 is 1.97 bits per heavy atom. The van der Waals surface area contributed by atoms with E-state index < -0.39 is 0 Å². The third-order valence-electron chi connectivity index (χ3n) is 5.01. The molecule has 0 atom stereocenters. The second-order valence-corrected chi connectivity index (χ2v) is 7.04. The molecule has 0 aliphatic carbocycles. The Morgan fingerprint density at radius 1 is 1.17 bits per heavy atom. The zero-order valence-corrected chi connectivity index (χ0v) is 19.7. The molecule has 0 saturated heterocycles. The van der Waals surface area contributed by atoms with Crippen LogP contribution in [0, 0.1) is 12.7 Å². The van der Waals surface area contributed by atoms with Crippen LogP contribution in [0.3, 0.4) is 0 Å². The van der Waals surface area contributed by atoms with Gasteiger partial charge in [-0.3, -0.25) is 9.79 Å². The first-order chi connectivity index (χ1) is 14.1. The summed E-state index contributed by atoms with van der Waals surface area (Å²) in [6.45, 7) is 4.14. The topological polar surface area (TPSA) is 74.2 Å². The Bertz CT molecular complexity index is 1040. The van der Waals surface area contributed by atoms with Crippen molar-refractivity contribution < 1.29 is 4.39 Å². The summed E-state index contributed by atoms with van der Waals surface area (Å²) < 4.78 is 15.3. The minimum atomic E-state index is -0.225. The van der Waals surface area contributed by atoms with Gasteiger partial charge in [0.15, 0.2) is 5.96 Å². The number of nitrogens with zero attached hydrogens (tertiary/aromatic N) is 2. The molecule has 0 aliphatic rings. The molecule has 8 heteroatoms. The van der Waals surface area contributed by atoms with Gasteiger partial charge in [-0.25, -0.2) is 4.39 Å². The van der Waals surface area contributed by atoms with Gasteiger partial charge in [0.2, 0.25) is 0 Å². The minimum absolute atomic E-state index is 0. The number of benzene rings is 1. The fourth-order valence-corrected chi connectivity index (χ4v) is 3.41. The van der Waals surface area contributed by atoms with Crippen LogP contribution in [0.1, 0.15) is 24.1 Å². The average Bonchev–Trinajstić information content (AvgIpc) is 3.10. The van der Waals surface area contributed by atoms with Crippen LogP contribution in [0.15, 0.2) is 52.4 Å². The van der Waals surface area contributed by atoms with Crippen molar-refractivity contribution in [2.75, 3.05) is 20.1 Å². The summed E-state index contributed by atoms with van der Waals surface area (Å²) in [6.07, 6.45) is 4.54. The second kappa shape index (κ2) is 11.7. The van der Waals surface area contributed by atoms with Crippen LogP contribution in [0.4, 0.5) is 4.39 Å². The van der Waals surface area contributed by atoms with Crippen molar-refractivity contribution >= 4 is 40.8 Å². The minimum Gasteiger partial charge on any atom is -0.361 e. The molecule has 3 aromatic rings. The number of hydrogen-bond donors (Lipinski definition) is 3. The maximum atomic E-state index is 13.5. The molecular weight excluding hydrogens is 496 g/mol. The lowest BCUT2D eigenvalue weighted by molar-refractivity contribution is 0.575. The number of hydrogen-bond acceptors (Lipinski definition) is 2. The molecule has 0 saturated carbocycles. The molecule has 0 fully saturated rings. The van der Waals surface area contributed by atoms with E-state index in [1.165, 1.54) is 6.07 Å². The van der Waals surface area contributed by atoms with Gasteiger partial charge in [-0.05, 0) is 56.0 Å². The Morgan fingerprint density at radius 3 is 2.73 bits per heavy atom. The van der Waals surface area contributed by atoms with Crippen molar-refractivity contribution in [1.82, 2.24) is 20.2 Å². The molecule has 2 heterocycles. The number of pyridine rings is 1. The lowest BCUT2D eigenvalue weighted by Crippen LogP contribution is -2.38. The predicted octanol–water partition coefficient (Wildman–Crippen LogP) is 3.58. The molecule has 0 aliphatic heterocycles. The van der Waals surface area contributed by atoms with Crippen LogP contribution in [0.2, 0.25) is 0 Å². The number of aromatic nitrogens is 2. The first kappa shape index (κ1) is 23.9. The largest absolute Gasteiger partial charge is 0.361 e. The highest BCUT2D eigenvalue weighted by Crippen LogP contribution is 2.19. The molecule has 162 valence electrons. The summed E-state index contributed by atoms with van der Waals surface area (Å²) >= 11 is 0. The number of guanidine groups is 1. The van der Waals surface area contributed by atoms with Crippen LogP contribution >= 0.6 is 24.0 Å². The molecule has 0 spiro atoms. The highest BCUT2D eigenvalue weighted by atomic mass is 127. The number of nitrogens with one attached hydrogen (secondary N) is 3. The van der Waals surface area contributed by atoms with Crippen LogP contribution in [-0.2, 0) is 13.0 Å². The van der Waals surface area contributed by atoms with E-state index in [-0.39, 0.29) is 35.4 Å². The van der Waals surface area contributed by atoms with Crippen molar-refractivity contribution in [1.29, 1.82) is 0 Å². The molecule has 0 amide bonds. The molecule has 3 rings (SSSR count). The van der Waals surface area contributed by atoms with E-state index in [9.17, 15) is 9.18 Å². The van der Waals surface area contributed by atoms with Crippen LogP contribution in [-0.4, -0.2) is 35.6 Å². The zero-order chi connectivity index (χ0) is 20.6. The standard InChI is InChI=1S/C22H28FN5O.HI/c1-16-6-5-7-21(29)28(16)13-4-3-11-25-22(24-2)26-12-10-17-15-27-20-9-8-18(23)14-19(17)20;/h5-9,14-15,27H,3-4,10-13H2,1-2H3,(H2,24,25,26);1H. The van der Waals surface area contributed by atoms with Gasteiger partial charge in [0.25, 0.3) is 5.56 Å². The molecule has 1 aromatic carbocycles. The van der Waals surface area contributed by atoms with Gasteiger partial charge in [0.05, 0.1) is 0 Å². The van der Waals surface area contributed by atoms with Gasteiger partial charge in [0, 0.05) is 55.5 Å². The monoisotopic (exact) mass is 525 g/mol. The number of rotatable bonds is 8. The van der Waals surface area contributed by atoms with E-state index in [4.69, 9.17) is 0 Å². The van der Waals surface area contributed by atoms with Crippen molar-refractivity contribution in [3.8, 4) is 0 Å². The Kier molecular flexibility index (Phi) is 9.35. The third-order valence-corrected chi connectivity index (χ3v) is 5.01. The number of H-pyrrole nitrogens is 1. The first-order valence-electron chi connectivity index (χ1n) is 9.95. The summed E-state index contributed by atoms with van der Waals surface area (Å²) in [7, 11) is 1.74. The molecule has 30 heavy (non-hydrogen) atoms. The summed E-state index contributed by atoms with van der Waals surface area (Å²) in [5.74, 6) is 0.515. The number of halogens is 2. The lowest BCUT2D eigenvalue weighted by Gasteiger charge is -2.12. The fraction of sp³-hybridized carbons (Fsp3) is 0.364. The predicted molar refractivity (Wildman–Crippen MR) is 131 cm³/mol. The van der Waals surface area contributed by atoms with Crippen LogP contribution < -0.4 is 16.2 Å². The van der Waals surface area contributed by atoms with Crippen LogP contribution in [0.5, 0.6) is 0 Å². The van der Waals surface area contributed by atoms with E-state index in [0.29, 0.717) is 6.54 Å². The maximum absolute atomic E-state index is 13.5. The number of aryl methyl sites for hydroxylation is 1. The van der Waals surface area contributed by atoms with Crippen molar-refractivity contribution in [2.24, 2.45) is 4.99 Å². The van der Waals surface area contributed by atoms with Gasteiger partial charge in [-0.1, -0.05) is 6.07 Å². The molecule has 6 nitrogen and oxygen atoms in total. The van der Waals surface area contributed by atoms with Gasteiger partial charge < -0.3 is 20.2 Å². The maximum Gasteiger partial charge on any atom is 0.250 e. The van der Waals surface area contributed by atoms with Crippen molar-refractivity contribution in [3.05, 3.63) is 70.0 Å².